The minimum atomic E-state index is -0.510. The summed E-state index contributed by atoms with van der Waals surface area (Å²) in [6.45, 7) is 1.84. The third kappa shape index (κ3) is 10.9. The van der Waals surface area contributed by atoms with E-state index in [9.17, 15) is 20.2 Å². The Labute approximate surface area is 151 Å². The Morgan fingerprint density at radius 3 is 2.12 bits per heavy atom. The maximum absolute atomic E-state index is 10.2. The number of H-pyrrole nitrogens is 1. The normalized spacial score (nSPS) is 9.40. The number of nitrogens with one attached hydrogen (secondary N) is 1. The predicted molar refractivity (Wildman–Crippen MR) is 91.7 cm³/mol. The van der Waals surface area contributed by atoms with Gasteiger partial charge in [0.25, 0.3) is 0 Å². The van der Waals surface area contributed by atoms with Crippen molar-refractivity contribution in [2.75, 3.05) is 32.8 Å². The van der Waals surface area contributed by atoms with Gasteiger partial charge in [0, 0.05) is 19.5 Å². The van der Waals surface area contributed by atoms with Gasteiger partial charge in [0.1, 0.15) is 18.6 Å². The van der Waals surface area contributed by atoms with Gasteiger partial charge in [-0.2, -0.15) is 10.2 Å². The van der Waals surface area contributed by atoms with E-state index in [2.05, 4.69) is 36.0 Å². The van der Waals surface area contributed by atoms with Gasteiger partial charge in [0.2, 0.25) is 0 Å². The van der Waals surface area contributed by atoms with Crippen molar-refractivity contribution in [2.45, 2.75) is 6.54 Å². The first-order valence-electron chi connectivity index (χ1n) is 6.80. The van der Waals surface area contributed by atoms with Crippen LogP contribution in [0.25, 0.3) is 0 Å². The average molecular weight is 423 g/mol. The summed E-state index contributed by atoms with van der Waals surface area (Å²) in [6, 6.07) is 0. The Bertz CT molecular complexity index is 603. The number of halogens is 1. The van der Waals surface area contributed by atoms with Crippen molar-refractivity contribution >= 4 is 27.3 Å². The highest BCUT2D eigenvalue weighted by atomic mass is 79.9. The van der Waals surface area contributed by atoms with Gasteiger partial charge in [-0.15, -0.1) is 0 Å². The minimum absolute atomic E-state index is 0.00565. The summed E-state index contributed by atoms with van der Waals surface area (Å²) in [7, 11) is 3.25. The first-order chi connectivity index (χ1) is 12.0. The molecule has 0 aliphatic carbocycles. The molecule has 0 aromatic carbocycles. The van der Waals surface area contributed by atoms with Gasteiger partial charge in [-0.1, -0.05) is 15.9 Å². The molecule has 0 spiro atoms. The van der Waals surface area contributed by atoms with Crippen LogP contribution in [0.2, 0.25) is 0 Å². The van der Waals surface area contributed by atoms with Crippen molar-refractivity contribution in [3.05, 3.63) is 45.0 Å². The quantitative estimate of drug-likeness (QED) is 0.402. The number of aromatic amines is 1. The van der Waals surface area contributed by atoms with Crippen molar-refractivity contribution in [3.8, 4) is 0 Å². The lowest BCUT2D eigenvalue weighted by Crippen LogP contribution is -2.03. The smallest absolute Gasteiger partial charge is 0.306 e. The van der Waals surface area contributed by atoms with E-state index in [1.807, 2.05) is 0 Å². The number of nitrogens with zero attached hydrogens (tertiary/aromatic N) is 5. The average Bonchev–Trinajstić information content (AvgIpc) is 3.26. The third-order valence-electron chi connectivity index (χ3n) is 2.33. The standard InChI is InChI=1S/C6H9N3O3.C3H7BrO.C3H3N3O2/c1-12-3-2-8-5-6(4-7-8)9(10)11;1-5-3-2-4;7-6(8)3-1-4-5-2-3/h4-5H,2-3H2,1H3;2-3H2,1H3;1-2H,(H,4,5). The van der Waals surface area contributed by atoms with E-state index in [-0.39, 0.29) is 11.4 Å². The molecule has 0 saturated carbocycles. The molecule has 0 amide bonds. The van der Waals surface area contributed by atoms with Crippen LogP contribution in [0, 0.1) is 20.2 Å². The molecule has 0 aliphatic rings. The number of hydrogen-bond donors (Lipinski definition) is 1. The zero-order valence-corrected chi connectivity index (χ0v) is 15.3. The molecule has 2 rings (SSSR count). The van der Waals surface area contributed by atoms with Crippen molar-refractivity contribution in [1.82, 2.24) is 20.0 Å². The first kappa shape index (κ1) is 22.6. The van der Waals surface area contributed by atoms with E-state index in [0.29, 0.717) is 13.2 Å². The molecule has 13 heteroatoms. The van der Waals surface area contributed by atoms with E-state index in [0.717, 1.165) is 18.1 Å². The lowest BCUT2D eigenvalue weighted by molar-refractivity contribution is -0.385. The topological polar surface area (TPSA) is 151 Å². The molecule has 0 fully saturated rings. The van der Waals surface area contributed by atoms with E-state index in [1.165, 1.54) is 23.3 Å². The number of alkyl halides is 1. The second kappa shape index (κ2) is 14.0. The Morgan fingerprint density at radius 1 is 1.16 bits per heavy atom. The summed E-state index contributed by atoms with van der Waals surface area (Å²) in [5.74, 6) is 0. The molecule has 1 N–H and O–H groups in total. The van der Waals surface area contributed by atoms with Gasteiger partial charge in [-0.25, -0.2) is 0 Å². The zero-order valence-electron chi connectivity index (χ0n) is 13.7. The van der Waals surface area contributed by atoms with Crippen molar-refractivity contribution < 1.29 is 19.3 Å². The molecule has 2 aromatic heterocycles. The van der Waals surface area contributed by atoms with Gasteiger partial charge in [-0.3, -0.25) is 30.0 Å². The fraction of sp³-hybridized carbons (Fsp3) is 0.500. The van der Waals surface area contributed by atoms with E-state index in [1.54, 1.807) is 14.2 Å². The predicted octanol–water partition coefficient (Wildman–Crippen LogP) is 1.78. The van der Waals surface area contributed by atoms with Crippen LogP contribution in [0.3, 0.4) is 0 Å². The third-order valence-corrected chi connectivity index (χ3v) is 2.65. The van der Waals surface area contributed by atoms with Crippen LogP contribution in [0.4, 0.5) is 11.4 Å². The Kier molecular flexibility index (Phi) is 12.7. The fourth-order valence-electron chi connectivity index (χ4n) is 1.18. The number of aromatic nitrogens is 4. The molecular weight excluding hydrogens is 404 g/mol. The van der Waals surface area contributed by atoms with Crippen molar-refractivity contribution in [3.63, 3.8) is 0 Å². The molecule has 0 aliphatic heterocycles. The van der Waals surface area contributed by atoms with Crippen LogP contribution in [-0.2, 0) is 16.0 Å². The Balaban J connectivity index is 0.000000382. The van der Waals surface area contributed by atoms with Crippen LogP contribution in [0.5, 0.6) is 0 Å². The lowest BCUT2D eigenvalue weighted by atomic mass is 10.6. The minimum Gasteiger partial charge on any atom is -0.384 e. The molecule has 12 nitrogen and oxygen atoms in total. The van der Waals surface area contributed by atoms with Crippen LogP contribution in [0.1, 0.15) is 0 Å². The van der Waals surface area contributed by atoms with E-state index < -0.39 is 9.85 Å². The molecule has 2 aromatic rings. The number of rotatable bonds is 7. The monoisotopic (exact) mass is 422 g/mol. The number of nitro groups is 2. The highest BCUT2D eigenvalue weighted by Crippen LogP contribution is 2.07. The van der Waals surface area contributed by atoms with Gasteiger partial charge < -0.3 is 9.47 Å². The fourth-order valence-corrected chi connectivity index (χ4v) is 1.50. The van der Waals surface area contributed by atoms with Crippen LogP contribution >= 0.6 is 15.9 Å². The van der Waals surface area contributed by atoms with Gasteiger partial charge in [0.15, 0.2) is 0 Å². The highest BCUT2D eigenvalue weighted by molar-refractivity contribution is 9.09. The molecule has 0 atom stereocenters. The Hall–Kier alpha value is -2.38. The van der Waals surface area contributed by atoms with Gasteiger partial charge >= 0.3 is 11.4 Å². The van der Waals surface area contributed by atoms with Crippen LogP contribution < -0.4 is 0 Å². The molecule has 2 heterocycles. The summed E-state index contributed by atoms with van der Waals surface area (Å²) in [4.78, 5) is 19.0. The number of ether oxygens (including phenoxy) is 2. The van der Waals surface area contributed by atoms with Crippen LogP contribution in [-0.4, -0.2) is 62.6 Å². The highest BCUT2D eigenvalue weighted by Gasteiger charge is 2.07. The molecular formula is C12H19BrN6O6. The van der Waals surface area contributed by atoms with E-state index in [4.69, 9.17) is 4.74 Å². The molecule has 0 bridgehead atoms. The first-order valence-corrected chi connectivity index (χ1v) is 7.92. The van der Waals surface area contributed by atoms with Crippen LogP contribution in [0.15, 0.2) is 24.8 Å². The SMILES string of the molecule is COCCBr.COCCn1cc([N+](=O)[O-])cn1.O=[N+]([O-])c1cn[nH]c1. The van der Waals surface area contributed by atoms with Crippen molar-refractivity contribution in [2.24, 2.45) is 0 Å². The molecule has 0 unspecified atom stereocenters. The summed E-state index contributed by atoms with van der Waals surface area (Å²) >= 11 is 3.18. The van der Waals surface area contributed by atoms with E-state index >= 15 is 0 Å². The number of hydrogen-bond acceptors (Lipinski definition) is 8. The molecule has 0 radical (unpaired) electrons. The summed E-state index contributed by atoms with van der Waals surface area (Å²) in [6.07, 6.45) is 4.97. The maximum atomic E-state index is 10.2. The summed E-state index contributed by atoms with van der Waals surface area (Å²) in [5.41, 5.74) is -0.00361. The lowest BCUT2D eigenvalue weighted by Gasteiger charge is -1.96. The molecule has 0 saturated heterocycles. The maximum Gasteiger partial charge on any atom is 0.306 e. The molecule has 140 valence electrons. The molecule has 25 heavy (non-hydrogen) atoms. The van der Waals surface area contributed by atoms with Gasteiger partial charge in [-0.05, 0) is 0 Å². The largest absolute Gasteiger partial charge is 0.384 e. The number of methoxy groups -OCH3 is 2. The zero-order chi connectivity index (χ0) is 19.1. The Morgan fingerprint density at radius 2 is 1.80 bits per heavy atom. The summed E-state index contributed by atoms with van der Waals surface area (Å²) < 4.78 is 10.9. The second-order valence-electron chi connectivity index (χ2n) is 4.11. The second-order valence-corrected chi connectivity index (χ2v) is 4.90. The van der Waals surface area contributed by atoms with Crippen molar-refractivity contribution in [1.29, 1.82) is 0 Å². The summed E-state index contributed by atoms with van der Waals surface area (Å²) in [5, 5.41) is 30.4. The van der Waals surface area contributed by atoms with Gasteiger partial charge in [0.05, 0.1) is 35.8 Å².